The number of esters is 1. The first-order valence-electron chi connectivity index (χ1n) is 6.92. The van der Waals surface area contributed by atoms with E-state index in [1.54, 1.807) is 13.0 Å². The molecular weight excluding hydrogens is 314 g/mol. The van der Waals surface area contributed by atoms with Crippen LogP contribution in [0.4, 0.5) is 5.13 Å². The SMILES string of the molecule is COC(=O)c1nc(NC(=O)c2cccc3c2ccn3C)sc1C. The highest BCUT2D eigenvalue weighted by molar-refractivity contribution is 7.16. The van der Waals surface area contributed by atoms with Crippen molar-refractivity contribution in [3.05, 3.63) is 46.6 Å². The number of amides is 1. The molecule has 3 rings (SSSR count). The number of hydrogen-bond donors (Lipinski definition) is 1. The number of nitrogens with zero attached hydrogens (tertiary/aromatic N) is 2. The van der Waals surface area contributed by atoms with Gasteiger partial charge in [0.25, 0.3) is 5.91 Å². The third kappa shape index (κ3) is 2.70. The summed E-state index contributed by atoms with van der Waals surface area (Å²) in [6.45, 7) is 1.76. The van der Waals surface area contributed by atoms with Gasteiger partial charge in [0.05, 0.1) is 7.11 Å². The van der Waals surface area contributed by atoms with Crippen LogP contribution < -0.4 is 5.32 Å². The smallest absolute Gasteiger partial charge is 0.357 e. The molecule has 0 bridgehead atoms. The van der Waals surface area contributed by atoms with E-state index in [1.165, 1.54) is 18.4 Å². The molecule has 23 heavy (non-hydrogen) atoms. The maximum absolute atomic E-state index is 12.5. The standard InChI is InChI=1S/C16H15N3O3S/c1-9-13(15(21)22-3)17-16(23-9)18-14(20)11-5-4-6-12-10(11)7-8-19(12)2/h4-8H,1-3H3,(H,17,18,20). The molecule has 0 aliphatic heterocycles. The van der Waals surface area contributed by atoms with Crippen molar-refractivity contribution >= 4 is 39.2 Å². The molecule has 7 heteroatoms. The molecule has 6 nitrogen and oxygen atoms in total. The molecule has 2 heterocycles. The molecule has 0 aliphatic carbocycles. The van der Waals surface area contributed by atoms with E-state index in [-0.39, 0.29) is 11.6 Å². The zero-order chi connectivity index (χ0) is 16.6. The summed E-state index contributed by atoms with van der Waals surface area (Å²) in [5.41, 5.74) is 1.77. The van der Waals surface area contributed by atoms with Gasteiger partial charge < -0.3 is 9.30 Å². The summed E-state index contributed by atoms with van der Waals surface area (Å²) < 4.78 is 6.62. The van der Waals surface area contributed by atoms with Gasteiger partial charge in [-0.3, -0.25) is 10.1 Å². The summed E-state index contributed by atoms with van der Waals surface area (Å²) >= 11 is 1.24. The van der Waals surface area contributed by atoms with Crippen molar-refractivity contribution in [2.45, 2.75) is 6.92 Å². The Balaban J connectivity index is 1.91. The van der Waals surface area contributed by atoms with Crippen molar-refractivity contribution in [1.29, 1.82) is 0 Å². The number of carbonyl (C=O) groups is 2. The van der Waals surface area contributed by atoms with E-state index >= 15 is 0 Å². The second-order valence-corrected chi connectivity index (χ2v) is 6.24. The van der Waals surface area contributed by atoms with Gasteiger partial charge in [0, 0.05) is 34.6 Å². The van der Waals surface area contributed by atoms with Crippen LogP contribution in [0.25, 0.3) is 10.9 Å². The minimum absolute atomic E-state index is 0.228. The number of fused-ring (bicyclic) bond motifs is 1. The number of methoxy groups -OCH3 is 1. The first-order valence-corrected chi connectivity index (χ1v) is 7.74. The van der Waals surface area contributed by atoms with Crippen molar-refractivity contribution in [2.24, 2.45) is 7.05 Å². The van der Waals surface area contributed by atoms with Crippen molar-refractivity contribution in [2.75, 3.05) is 12.4 Å². The van der Waals surface area contributed by atoms with Gasteiger partial charge in [-0.05, 0) is 25.1 Å². The van der Waals surface area contributed by atoms with Crippen LogP contribution in [0.3, 0.4) is 0 Å². The molecule has 1 N–H and O–H groups in total. The summed E-state index contributed by atoms with van der Waals surface area (Å²) in [4.78, 5) is 29.0. The van der Waals surface area contributed by atoms with Gasteiger partial charge in [-0.15, -0.1) is 11.3 Å². The topological polar surface area (TPSA) is 73.2 Å². The van der Waals surface area contributed by atoms with Gasteiger partial charge in [-0.2, -0.15) is 0 Å². The van der Waals surface area contributed by atoms with Gasteiger partial charge in [0.15, 0.2) is 10.8 Å². The van der Waals surface area contributed by atoms with Crippen molar-refractivity contribution < 1.29 is 14.3 Å². The van der Waals surface area contributed by atoms with E-state index < -0.39 is 5.97 Å². The van der Waals surface area contributed by atoms with Crippen LogP contribution in [0.2, 0.25) is 0 Å². The average Bonchev–Trinajstić information content (AvgIpc) is 3.09. The number of rotatable bonds is 3. The molecule has 0 aliphatic rings. The van der Waals surface area contributed by atoms with Gasteiger partial charge in [-0.1, -0.05) is 6.07 Å². The Hall–Kier alpha value is -2.67. The predicted molar refractivity (Wildman–Crippen MR) is 89.1 cm³/mol. The van der Waals surface area contributed by atoms with E-state index in [0.29, 0.717) is 15.6 Å². The fourth-order valence-electron chi connectivity index (χ4n) is 2.40. The largest absolute Gasteiger partial charge is 0.464 e. The van der Waals surface area contributed by atoms with E-state index in [4.69, 9.17) is 0 Å². The molecule has 0 radical (unpaired) electrons. The molecule has 0 unspecified atom stereocenters. The summed E-state index contributed by atoms with van der Waals surface area (Å²) in [5.74, 6) is -0.767. The first-order chi connectivity index (χ1) is 11.0. The summed E-state index contributed by atoms with van der Waals surface area (Å²) in [6.07, 6.45) is 1.91. The monoisotopic (exact) mass is 329 g/mol. The van der Waals surface area contributed by atoms with Crippen LogP contribution in [0, 0.1) is 6.92 Å². The van der Waals surface area contributed by atoms with E-state index in [1.807, 2.05) is 36.0 Å². The Labute approximate surface area is 136 Å². The minimum Gasteiger partial charge on any atom is -0.464 e. The molecule has 0 spiro atoms. The molecule has 118 valence electrons. The summed E-state index contributed by atoms with van der Waals surface area (Å²) in [7, 11) is 3.23. The number of anilines is 1. The summed E-state index contributed by atoms with van der Waals surface area (Å²) in [5, 5.41) is 4.00. The Kier molecular flexibility index (Phi) is 3.87. The Morgan fingerprint density at radius 1 is 1.30 bits per heavy atom. The fourth-order valence-corrected chi connectivity index (χ4v) is 3.20. The van der Waals surface area contributed by atoms with E-state index in [0.717, 1.165) is 10.9 Å². The van der Waals surface area contributed by atoms with Crippen LogP contribution in [0.5, 0.6) is 0 Å². The molecule has 2 aromatic heterocycles. The first kappa shape index (κ1) is 15.2. The minimum atomic E-state index is -0.510. The second-order valence-electron chi connectivity index (χ2n) is 5.03. The molecule has 0 saturated carbocycles. The number of thiazole rings is 1. The lowest BCUT2D eigenvalue weighted by atomic mass is 10.1. The van der Waals surface area contributed by atoms with Crippen LogP contribution in [0.15, 0.2) is 30.5 Å². The van der Waals surface area contributed by atoms with Gasteiger partial charge in [-0.25, -0.2) is 9.78 Å². The van der Waals surface area contributed by atoms with Gasteiger partial charge in [0.2, 0.25) is 0 Å². The zero-order valence-corrected chi connectivity index (χ0v) is 13.7. The highest BCUT2D eigenvalue weighted by Crippen LogP contribution is 2.25. The Morgan fingerprint density at radius 2 is 2.09 bits per heavy atom. The van der Waals surface area contributed by atoms with E-state index in [9.17, 15) is 9.59 Å². The number of hydrogen-bond acceptors (Lipinski definition) is 5. The molecule has 1 aromatic carbocycles. The maximum Gasteiger partial charge on any atom is 0.357 e. The maximum atomic E-state index is 12.5. The normalized spacial score (nSPS) is 10.7. The van der Waals surface area contributed by atoms with Crippen molar-refractivity contribution in [3.8, 4) is 0 Å². The summed E-state index contributed by atoms with van der Waals surface area (Å²) in [6, 6.07) is 7.45. The number of ether oxygens (including phenoxy) is 1. The Bertz CT molecular complexity index is 911. The second kappa shape index (κ2) is 5.85. The third-order valence-corrected chi connectivity index (χ3v) is 4.45. The van der Waals surface area contributed by atoms with E-state index in [2.05, 4.69) is 15.0 Å². The number of aryl methyl sites for hydroxylation is 2. The van der Waals surface area contributed by atoms with Crippen molar-refractivity contribution in [1.82, 2.24) is 9.55 Å². The Morgan fingerprint density at radius 3 is 2.83 bits per heavy atom. The fraction of sp³-hybridized carbons (Fsp3) is 0.188. The van der Waals surface area contributed by atoms with Gasteiger partial charge in [0.1, 0.15) is 0 Å². The highest BCUT2D eigenvalue weighted by atomic mass is 32.1. The van der Waals surface area contributed by atoms with Crippen LogP contribution in [-0.2, 0) is 11.8 Å². The molecule has 3 aromatic rings. The predicted octanol–water partition coefficient (Wildman–Crippen LogP) is 2.98. The molecule has 1 amide bonds. The quantitative estimate of drug-likeness (QED) is 0.750. The van der Waals surface area contributed by atoms with Crippen LogP contribution >= 0.6 is 11.3 Å². The number of aromatic nitrogens is 2. The molecule has 0 fully saturated rings. The third-order valence-electron chi connectivity index (χ3n) is 3.57. The number of carbonyl (C=O) groups excluding carboxylic acids is 2. The van der Waals surface area contributed by atoms with Crippen LogP contribution in [0.1, 0.15) is 25.7 Å². The lowest BCUT2D eigenvalue weighted by Gasteiger charge is -2.04. The lowest BCUT2D eigenvalue weighted by molar-refractivity contribution is 0.0594. The molecular formula is C16H15N3O3S. The van der Waals surface area contributed by atoms with Gasteiger partial charge >= 0.3 is 5.97 Å². The number of benzene rings is 1. The average molecular weight is 329 g/mol. The number of nitrogens with one attached hydrogen (secondary N) is 1. The lowest BCUT2D eigenvalue weighted by Crippen LogP contribution is -2.12. The van der Waals surface area contributed by atoms with Crippen LogP contribution in [-0.4, -0.2) is 28.5 Å². The van der Waals surface area contributed by atoms with Crippen molar-refractivity contribution in [3.63, 3.8) is 0 Å². The highest BCUT2D eigenvalue weighted by Gasteiger charge is 2.18. The molecule has 0 atom stereocenters. The molecule has 0 saturated heterocycles. The zero-order valence-electron chi connectivity index (χ0n) is 12.9.